The Morgan fingerprint density at radius 1 is 1.04 bits per heavy atom. The number of rotatable bonds is 6. The minimum absolute atomic E-state index is 0.0920. The molecular weight excluding hydrogens is 375 g/mol. The van der Waals surface area contributed by atoms with E-state index in [2.05, 4.69) is 10.3 Å². The number of nitrogens with one attached hydrogen (secondary N) is 1. The Balaban J connectivity index is 1.32. The number of ether oxygens (including phenoxy) is 1. The first-order valence-corrected chi connectivity index (χ1v) is 9.58. The molecule has 6 heteroatoms. The van der Waals surface area contributed by atoms with Gasteiger partial charge in [0.2, 0.25) is 0 Å². The van der Waals surface area contributed by atoms with Gasteiger partial charge in [0.05, 0.1) is 0 Å². The van der Waals surface area contributed by atoms with Gasteiger partial charge >= 0.3 is 0 Å². The van der Waals surface area contributed by atoms with Crippen LogP contribution in [0.2, 0.25) is 0 Å². The quantitative estimate of drug-likeness (QED) is 0.500. The Morgan fingerprint density at radius 3 is 2.64 bits per heavy atom. The summed E-state index contributed by atoms with van der Waals surface area (Å²) in [5.74, 6) is 0.119. The fourth-order valence-corrected chi connectivity index (χ4v) is 3.67. The number of amides is 1. The molecule has 1 aromatic heterocycles. The van der Waals surface area contributed by atoms with Gasteiger partial charge in [-0.15, -0.1) is 11.3 Å². The number of aromatic nitrogens is 1. The summed E-state index contributed by atoms with van der Waals surface area (Å²) in [6, 6.07) is 20.0. The van der Waals surface area contributed by atoms with Crippen LogP contribution >= 0.6 is 11.3 Å². The van der Waals surface area contributed by atoms with E-state index in [0.29, 0.717) is 17.3 Å². The number of nitrogens with zero attached hydrogens (tertiary/aromatic N) is 1. The lowest BCUT2D eigenvalue weighted by atomic mass is 10.1. The van der Waals surface area contributed by atoms with E-state index in [1.807, 2.05) is 42.5 Å². The van der Waals surface area contributed by atoms with Gasteiger partial charge in [0.1, 0.15) is 11.6 Å². The first kappa shape index (κ1) is 18.1. The SMILES string of the molecule is O=C(COc1ccc2ccccc2c1)Nc1ncc(Cc2ccc(F)cc2)s1. The summed E-state index contributed by atoms with van der Waals surface area (Å²) in [5, 5.41) is 5.45. The lowest BCUT2D eigenvalue weighted by Crippen LogP contribution is -2.19. The van der Waals surface area contributed by atoms with Gasteiger partial charge in [-0.3, -0.25) is 10.1 Å². The van der Waals surface area contributed by atoms with E-state index in [0.717, 1.165) is 21.2 Å². The Morgan fingerprint density at radius 2 is 1.82 bits per heavy atom. The normalized spacial score (nSPS) is 10.8. The first-order chi connectivity index (χ1) is 13.7. The monoisotopic (exact) mass is 392 g/mol. The van der Waals surface area contributed by atoms with E-state index in [1.165, 1.54) is 23.5 Å². The van der Waals surface area contributed by atoms with Crippen molar-refractivity contribution in [1.82, 2.24) is 4.98 Å². The maximum Gasteiger partial charge on any atom is 0.264 e. The van der Waals surface area contributed by atoms with E-state index < -0.39 is 0 Å². The van der Waals surface area contributed by atoms with Crippen LogP contribution in [0.5, 0.6) is 5.75 Å². The highest BCUT2D eigenvalue weighted by atomic mass is 32.1. The molecule has 3 aromatic carbocycles. The summed E-state index contributed by atoms with van der Waals surface area (Å²) in [4.78, 5) is 17.3. The molecule has 1 heterocycles. The molecule has 4 nitrogen and oxygen atoms in total. The molecule has 1 amide bonds. The third-order valence-electron chi connectivity index (χ3n) is 4.18. The molecule has 0 aliphatic carbocycles. The first-order valence-electron chi connectivity index (χ1n) is 8.76. The minimum atomic E-state index is -0.268. The predicted molar refractivity (Wildman–Crippen MR) is 109 cm³/mol. The lowest BCUT2D eigenvalue weighted by Gasteiger charge is -2.07. The van der Waals surface area contributed by atoms with E-state index in [-0.39, 0.29) is 18.3 Å². The van der Waals surface area contributed by atoms with Crippen molar-refractivity contribution in [2.45, 2.75) is 6.42 Å². The third-order valence-corrected chi connectivity index (χ3v) is 5.10. The third kappa shape index (κ3) is 4.53. The van der Waals surface area contributed by atoms with Gasteiger partial charge < -0.3 is 4.74 Å². The standard InChI is InChI=1S/C22H17FN2O2S/c23-18-8-5-15(6-9-18)11-20-13-24-22(28-20)25-21(26)14-27-19-10-7-16-3-1-2-4-17(16)12-19/h1-10,12-13H,11,14H2,(H,24,25,26). The molecule has 0 saturated heterocycles. The second kappa shape index (κ2) is 8.19. The smallest absolute Gasteiger partial charge is 0.264 e. The molecule has 0 aliphatic heterocycles. The molecule has 0 aliphatic rings. The molecule has 0 bridgehead atoms. The average molecular weight is 392 g/mol. The molecule has 0 fully saturated rings. The summed E-state index contributed by atoms with van der Waals surface area (Å²) in [7, 11) is 0. The van der Waals surface area contributed by atoms with Crippen LogP contribution < -0.4 is 10.1 Å². The Kier molecular flexibility index (Phi) is 5.30. The molecule has 0 atom stereocenters. The van der Waals surface area contributed by atoms with E-state index in [4.69, 9.17) is 4.74 Å². The van der Waals surface area contributed by atoms with Crippen LogP contribution in [-0.4, -0.2) is 17.5 Å². The predicted octanol–water partition coefficient (Wildman–Crippen LogP) is 5.04. The number of carbonyl (C=O) groups excluding carboxylic acids is 1. The Labute approximate surface area is 165 Å². The summed E-state index contributed by atoms with van der Waals surface area (Å²) in [5.41, 5.74) is 0.988. The largest absolute Gasteiger partial charge is 0.484 e. The average Bonchev–Trinajstić information content (AvgIpc) is 3.14. The van der Waals surface area contributed by atoms with Gasteiger partial charge in [-0.25, -0.2) is 9.37 Å². The van der Waals surface area contributed by atoms with Crippen molar-refractivity contribution in [2.75, 3.05) is 11.9 Å². The van der Waals surface area contributed by atoms with Crippen molar-refractivity contribution in [3.8, 4) is 5.75 Å². The summed E-state index contributed by atoms with van der Waals surface area (Å²) in [6.45, 7) is -0.0920. The van der Waals surface area contributed by atoms with Crippen molar-refractivity contribution in [3.63, 3.8) is 0 Å². The van der Waals surface area contributed by atoms with Crippen LogP contribution in [-0.2, 0) is 11.2 Å². The molecule has 0 saturated carbocycles. The van der Waals surface area contributed by atoms with E-state index in [9.17, 15) is 9.18 Å². The summed E-state index contributed by atoms with van der Waals surface area (Å²) >= 11 is 1.39. The van der Waals surface area contributed by atoms with Crippen LogP contribution in [0.3, 0.4) is 0 Å². The molecule has 0 unspecified atom stereocenters. The van der Waals surface area contributed by atoms with Gasteiger partial charge in [-0.05, 0) is 40.6 Å². The molecule has 28 heavy (non-hydrogen) atoms. The molecule has 4 aromatic rings. The summed E-state index contributed by atoms with van der Waals surface area (Å²) < 4.78 is 18.6. The molecule has 4 rings (SSSR count). The zero-order valence-corrected chi connectivity index (χ0v) is 15.7. The number of fused-ring (bicyclic) bond motifs is 1. The fourth-order valence-electron chi connectivity index (χ4n) is 2.81. The highest BCUT2D eigenvalue weighted by Gasteiger charge is 2.09. The lowest BCUT2D eigenvalue weighted by molar-refractivity contribution is -0.118. The van der Waals surface area contributed by atoms with Crippen molar-refractivity contribution < 1.29 is 13.9 Å². The highest BCUT2D eigenvalue weighted by Crippen LogP contribution is 2.22. The minimum Gasteiger partial charge on any atom is -0.484 e. The molecule has 1 N–H and O–H groups in total. The van der Waals surface area contributed by atoms with Crippen LogP contribution in [0.4, 0.5) is 9.52 Å². The Hall–Kier alpha value is -3.25. The number of hydrogen-bond donors (Lipinski definition) is 1. The highest BCUT2D eigenvalue weighted by molar-refractivity contribution is 7.15. The maximum absolute atomic E-state index is 13.0. The number of anilines is 1. The van der Waals surface area contributed by atoms with Crippen LogP contribution in [0.1, 0.15) is 10.4 Å². The fraction of sp³-hybridized carbons (Fsp3) is 0.0909. The zero-order chi connectivity index (χ0) is 19.3. The zero-order valence-electron chi connectivity index (χ0n) is 14.9. The number of thiazole rings is 1. The van der Waals surface area contributed by atoms with Crippen molar-refractivity contribution in [2.24, 2.45) is 0 Å². The number of halogens is 1. The molecule has 0 spiro atoms. The topological polar surface area (TPSA) is 51.2 Å². The summed E-state index contributed by atoms with van der Waals surface area (Å²) in [6.07, 6.45) is 2.36. The Bertz CT molecular complexity index is 1110. The molecule has 140 valence electrons. The van der Waals surface area contributed by atoms with Gasteiger partial charge in [0.25, 0.3) is 5.91 Å². The number of hydrogen-bond acceptors (Lipinski definition) is 4. The second-order valence-electron chi connectivity index (χ2n) is 6.28. The van der Waals surface area contributed by atoms with Crippen LogP contribution in [0.15, 0.2) is 72.9 Å². The van der Waals surface area contributed by atoms with E-state index >= 15 is 0 Å². The number of carbonyl (C=O) groups is 1. The van der Waals surface area contributed by atoms with Crippen molar-refractivity contribution >= 4 is 33.1 Å². The molecular formula is C22H17FN2O2S. The second-order valence-corrected chi connectivity index (χ2v) is 7.40. The van der Waals surface area contributed by atoms with Crippen LogP contribution in [0.25, 0.3) is 10.8 Å². The van der Waals surface area contributed by atoms with Gasteiger partial charge in [0.15, 0.2) is 11.7 Å². The van der Waals surface area contributed by atoms with Gasteiger partial charge in [-0.1, -0.05) is 42.5 Å². The molecule has 0 radical (unpaired) electrons. The van der Waals surface area contributed by atoms with Crippen LogP contribution in [0, 0.1) is 5.82 Å². The van der Waals surface area contributed by atoms with E-state index in [1.54, 1.807) is 18.3 Å². The number of benzene rings is 3. The maximum atomic E-state index is 13.0. The van der Waals surface area contributed by atoms with Gasteiger partial charge in [-0.2, -0.15) is 0 Å². The van der Waals surface area contributed by atoms with Crippen molar-refractivity contribution in [1.29, 1.82) is 0 Å². The van der Waals surface area contributed by atoms with Gasteiger partial charge in [0, 0.05) is 17.5 Å². The van der Waals surface area contributed by atoms with Crippen molar-refractivity contribution in [3.05, 3.63) is 89.2 Å².